The zero-order valence-corrected chi connectivity index (χ0v) is 11.1. The van der Waals surface area contributed by atoms with Crippen LogP contribution < -0.4 is 5.32 Å². The van der Waals surface area contributed by atoms with Crippen LogP contribution in [-0.4, -0.2) is 26.5 Å². The molecule has 0 aliphatic rings. The Bertz CT molecular complexity index is 558. The molecule has 2 rings (SSSR count). The molecule has 0 aliphatic carbocycles. The van der Waals surface area contributed by atoms with Crippen LogP contribution in [-0.2, 0) is 4.74 Å². The molecule has 2 aromatic rings. The number of ether oxygens (including phenoxy) is 1. The van der Waals surface area contributed by atoms with Crippen LogP contribution in [0, 0.1) is 0 Å². The Morgan fingerprint density at radius 2 is 1.95 bits per heavy atom. The Hall–Kier alpha value is -2.37. The van der Waals surface area contributed by atoms with Gasteiger partial charge in [-0.1, -0.05) is 6.07 Å². The second-order valence-corrected chi connectivity index (χ2v) is 5.05. The van der Waals surface area contributed by atoms with Crippen molar-refractivity contribution >= 4 is 11.8 Å². The van der Waals surface area contributed by atoms with Gasteiger partial charge in [0.25, 0.3) is 0 Å². The van der Waals surface area contributed by atoms with E-state index in [9.17, 15) is 4.79 Å². The van der Waals surface area contributed by atoms with Gasteiger partial charge in [0, 0.05) is 5.69 Å². The molecule has 0 atom stereocenters. The van der Waals surface area contributed by atoms with E-state index in [1.54, 1.807) is 23.3 Å². The van der Waals surface area contributed by atoms with Crippen LogP contribution in [0.15, 0.2) is 36.9 Å². The normalized spacial score (nSPS) is 11.1. The number of anilines is 1. The van der Waals surface area contributed by atoms with Crippen LogP contribution >= 0.6 is 0 Å². The molecule has 0 radical (unpaired) electrons. The van der Waals surface area contributed by atoms with Gasteiger partial charge >= 0.3 is 6.09 Å². The smallest absolute Gasteiger partial charge is 0.412 e. The van der Waals surface area contributed by atoms with E-state index in [0.717, 1.165) is 5.69 Å². The van der Waals surface area contributed by atoms with Crippen molar-refractivity contribution in [3.8, 4) is 5.69 Å². The summed E-state index contributed by atoms with van der Waals surface area (Å²) in [6.07, 6.45) is 2.70. The lowest BCUT2D eigenvalue weighted by atomic mass is 10.2. The van der Waals surface area contributed by atoms with Crippen LogP contribution in [0.2, 0.25) is 0 Å². The molecule has 1 aromatic carbocycles. The molecule has 0 aliphatic heterocycles. The molecule has 1 aromatic heterocycles. The van der Waals surface area contributed by atoms with Gasteiger partial charge in [-0.05, 0) is 39.0 Å². The SMILES string of the molecule is CC(C)(C)OC(=O)Nc1cccc(-n2cnnc2)c1. The zero-order valence-electron chi connectivity index (χ0n) is 11.1. The molecular formula is C13H16N4O2. The minimum Gasteiger partial charge on any atom is -0.444 e. The van der Waals surface area contributed by atoms with Gasteiger partial charge in [0.2, 0.25) is 0 Å². The highest BCUT2D eigenvalue weighted by atomic mass is 16.6. The molecule has 0 spiro atoms. The Morgan fingerprint density at radius 1 is 1.26 bits per heavy atom. The Morgan fingerprint density at radius 3 is 2.58 bits per heavy atom. The van der Waals surface area contributed by atoms with Gasteiger partial charge in [-0.15, -0.1) is 10.2 Å². The summed E-state index contributed by atoms with van der Waals surface area (Å²) in [5, 5.41) is 10.2. The van der Waals surface area contributed by atoms with Crippen molar-refractivity contribution < 1.29 is 9.53 Å². The maximum absolute atomic E-state index is 11.7. The molecule has 19 heavy (non-hydrogen) atoms. The average Bonchev–Trinajstić information content (AvgIpc) is 2.79. The van der Waals surface area contributed by atoms with Gasteiger partial charge in [0.05, 0.1) is 5.69 Å². The first kappa shape index (κ1) is 13.1. The number of nitrogens with one attached hydrogen (secondary N) is 1. The fourth-order valence-electron chi connectivity index (χ4n) is 1.50. The first-order valence-corrected chi connectivity index (χ1v) is 5.89. The minimum absolute atomic E-state index is 0.478. The predicted octanol–water partition coefficient (Wildman–Crippen LogP) is 2.61. The second-order valence-electron chi connectivity index (χ2n) is 5.05. The average molecular weight is 260 g/mol. The third-order valence-corrected chi connectivity index (χ3v) is 2.21. The van der Waals surface area contributed by atoms with E-state index in [4.69, 9.17) is 4.74 Å². The summed E-state index contributed by atoms with van der Waals surface area (Å²) in [6, 6.07) is 7.33. The summed E-state index contributed by atoms with van der Waals surface area (Å²) < 4.78 is 6.94. The van der Waals surface area contributed by atoms with Gasteiger partial charge in [-0.25, -0.2) is 4.79 Å². The fraction of sp³-hybridized carbons (Fsp3) is 0.308. The monoisotopic (exact) mass is 260 g/mol. The summed E-state index contributed by atoms with van der Waals surface area (Å²) >= 11 is 0. The van der Waals surface area contributed by atoms with E-state index in [-0.39, 0.29) is 0 Å². The number of rotatable bonds is 2. The highest BCUT2D eigenvalue weighted by Gasteiger charge is 2.16. The quantitative estimate of drug-likeness (QED) is 0.901. The van der Waals surface area contributed by atoms with Gasteiger partial charge in [0.1, 0.15) is 18.3 Å². The number of benzene rings is 1. The number of aromatic nitrogens is 3. The lowest BCUT2D eigenvalue weighted by Crippen LogP contribution is -2.27. The summed E-state index contributed by atoms with van der Waals surface area (Å²) in [5.74, 6) is 0. The van der Waals surface area contributed by atoms with Crippen LogP contribution in [0.1, 0.15) is 20.8 Å². The number of amides is 1. The number of carbonyl (C=O) groups is 1. The maximum Gasteiger partial charge on any atom is 0.412 e. The summed E-state index contributed by atoms with van der Waals surface area (Å²) in [6.45, 7) is 5.46. The van der Waals surface area contributed by atoms with Crippen LogP contribution in [0.3, 0.4) is 0 Å². The van der Waals surface area contributed by atoms with Crippen LogP contribution in [0.25, 0.3) is 5.69 Å². The van der Waals surface area contributed by atoms with Gasteiger partial charge in [-0.3, -0.25) is 9.88 Å². The first-order chi connectivity index (χ1) is 8.94. The molecule has 0 unspecified atom stereocenters. The van der Waals surface area contributed by atoms with Crippen molar-refractivity contribution in [2.75, 3.05) is 5.32 Å². The molecule has 6 heteroatoms. The second kappa shape index (κ2) is 5.09. The van der Waals surface area contributed by atoms with Crippen molar-refractivity contribution in [1.82, 2.24) is 14.8 Å². The standard InChI is InChI=1S/C13H16N4O2/c1-13(2,3)19-12(18)16-10-5-4-6-11(7-10)17-8-14-15-9-17/h4-9H,1-3H3,(H,16,18). The third kappa shape index (κ3) is 3.80. The molecule has 6 nitrogen and oxygen atoms in total. The lowest BCUT2D eigenvalue weighted by molar-refractivity contribution is 0.0636. The van der Waals surface area contributed by atoms with Gasteiger partial charge in [0.15, 0.2) is 0 Å². The van der Waals surface area contributed by atoms with E-state index in [1.807, 2.05) is 39.0 Å². The largest absolute Gasteiger partial charge is 0.444 e. The molecule has 0 fully saturated rings. The topological polar surface area (TPSA) is 69.0 Å². The van der Waals surface area contributed by atoms with E-state index in [1.165, 1.54) is 0 Å². The Kier molecular flexibility index (Phi) is 3.50. The molecule has 0 bridgehead atoms. The minimum atomic E-state index is -0.518. The Balaban J connectivity index is 2.10. The number of hydrogen-bond acceptors (Lipinski definition) is 4. The van der Waals surface area contributed by atoms with Crippen molar-refractivity contribution in [3.63, 3.8) is 0 Å². The summed E-state index contributed by atoms with van der Waals surface area (Å²) in [4.78, 5) is 11.7. The van der Waals surface area contributed by atoms with Crippen LogP contribution in [0.4, 0.5) is 10.5 Å². The molecule has 100 valence electrons. The number of hydrogen-bond donors (Lipinski definition) is 1. The molecule has 0 saturated carbocycles. The van der Waals surface area contributed by atoms with Gasteiger partial charge in [-0.2, -0.15) is 0 Å². The van der Waals surface area contributed by atoms with Crippen molar-refractivity contribution in [2.45, 2.75) is 26.4 Å². The van der Waals surface area contributed by atoms with Crippen LogP contribution in [0.5, 0.6) is 0 Å². The van der Waals surface area contributed by atoms with E-state index < -0.39 is 11.7 Å². The van der Waals surface area contributed by atoms with E-state index in [2.05, 4.69) is 15.5 Å². The molecule has 1 N–H and O–H groups in total. The fourth-order valence-corrected chi connectivity index (χ4v) is 1.50. The van der Waals surface area contributed by atoms with Crippen molar-refractivity contribution in [2.24, 2.45) is 0 Å². The molecule has 0 saturated heterocycles. The van der Waals surface area contributed by atoms with Crippen molar-refractivity contribution in [3.05, 3.63) is 36.9 Å². The number of nitrogens with zero attached hydrogens (tertiary/aromatic N) is 3. The predicted molar refractivity (Wildman–Crippen MR) is 71.2 cm³/mol. The third-order valence-electron chi connectivity index (χ3n) is 2.21. The zero-order chi connectivity index (χ0) is 13.9. The number of carbonyl (C=O) groups excluding carboxylic acids is 1. The first-order valence-electron chi connectivity index (χ1n) is 5.89. The maximum atomic E-state index is 11.7. The summed E-state index contributed by atoms with van der Waals surface area (Å²) in [7, 11) is 0. The lowest BCUT2D eigenvalue weighted by Gasteiger charge is -2.19. The van der Waals surface area contributed by atoms with Gasteiger partial charge < -0.3 is 4.74 Å². The molecular weight excluding hydrogens is 244 g/mol. The molecule has 1 amide bonds. The van der Waals surface area contributed by atoms with Crippen molar-refractivity contribution in [1.29, 1.82) is 0 Å². The van der Waals surface area contributed by atoms with E-state index >= 15 is 0 Å². The highest BCUT2D eigenvalue weighted by Crippen LogP contribution is 2.15. The summed E-state index contributed by atoms with van der Waals surface area (Å²) in [5.41, 5.74) is 0.995. The highest BCUT2D eigenvalue weighted by molar-refractivity contribution is 5.85. The molecule has 1 heterocycles. The van der Waals surface area contributed by atoms with E-state index in [0.29, 0.717) is 5.69 Å². The Labute approximate surface area is 111 Å².